The van der Waals surface area contributed by atoms with Gasteiger partial charge in [0.25, 0.3) is 0 Å². The number of hydrogen-bond donors (Lipinski definition) is 1. The molecule has 1 N–H and O–H groups in total. The molecule has 0 amide bonds. The second kappa shape index (κ2) is 6.70. The quantitative estimate of drug-likeness (QED) is 0.771. The fourth-order valence-electron chi connectivity index (χ4n) is 1.97. The molecule has 0 bridgehead atoms. The monoisotopic (exact) mass is 220 g/mol. The minimum atomic E-state index is 0.265. The molecule has 16 heavy (non-hydrogen) atoms. The van der Waals surface area contributed by atoms with Crippen molar-refractivity contribution in [2.45, 2.75) is 46.0 Å². The van der Waals surface area contributed by atoms with Crippen LogP contribution in [0, 0.1) is 12.8 Å². The van der Waals surface area contributed by atoms with Crippen LogP contribution in [0.25, 0.3) is 0 Å². The first-order chi connectivity index (χ1) is 7.63. The molecule has 1 unspecified atom stereocenters. The van der Waals surface area contributed by atoms with Gasteiger partial charge in [-0.2, -0.15) is 0 Å². The van der Waals surface area contributed by atoms with E-state index in [9.17, 15) is 5.11 Å². The summed E-state index contributed by atoms with van der Waals surface area (Å²) in [5.74, 6) is 1.08. The van der Waals surface area contributed by atoms with Crippen LogP contribution < -0.4 is 0 Å². The third kappa shape index (κ3) is 4.36. The minimum Gasteiger partial charge on any atom is -0.396 e. The van der Waals surface area contributed by atoms with E-state index < -0.39 is 0 Å². The molecule has 0 aromatic heterocycles. The summed E-state index contributed by atoms with van der Waals surface area (Å²) in [7, 11) is 0. The van der Waals surface area contributed by atoms with Crippen molar-refractivity contribution in [3.63, 3.8) is 0 Å². The zero-order valence-electron chi connectivity index (χ0n) is 10.7. The van der Waals surface area contributed by atoms with E-state index in [4.69, 9.17) is 0 Å². The highest BCUT2D eigenvalue weighted by Crippen LogP contribution is 2.23. The molecule has 1 aromatic rings. The summed E-state index contributed by atoms with van der Waals surface area (Å²) in [6.07, 6.45) is 3.55. The number of hydrogen-bond acceptors (Lipinski definition) is 1. The van der Waals surface area contributed by atoms with E-state index in [1.165, 1.54) is 24.0 Å². The van der Waals surface area contributed by atoms with Gasteiger partial charge in [0.1, 0.15) is 0 Å². The predicted octanol–water partition coefficient (Wildman–Crippen LogP) is 3.90. The molecule has 1 aromatic carbocycles. The van der Waals surface area contributed by atoms with Crippen LogP contribution in [0.1, 0.15) is 50.2 Å². The fourth-order valence-corrected chi connectivity index (χ4v) is 1.97. The fraction of sp³-hybridized carbons (Fsp3) is 0.600. The largest absolute Gasteiger partial charge is 0.396 e. The van der Waals surface area contributed by atoms with Crippen molar-refractivity contribution in [2.75, 3.05) is 6.61 Å². The van der Waals surface area contributed by atoms with Crippen molar-refractivity contribution in [3.8, 4) is 0 Å². The van der Waals surface area contributed by atoms with Crippen molar-refractivity contribution in [1.29, 1.82) is 0 Å². The first-order valence-corrected chi connectivity index (χ1v) is 6.31. The lowest BCUT2D eigenvalue weighted by Crippen LogP contribution is -2.04. The maximum absolute atomic E-state index is 9.41. The van der Waals surface area contributed by atoms with Gasteiger partial charge in [0.15, 0.2) is 0 Å². The van der Waals surface area contributed by atoms with E-state index in [1.807, 2.05) is 0 Å². The van der Waals surface area contributed by atoms with Crippen LogP contribution in [-0.2, 0) is 0 Å². The van der Waals surface area contributed by atoms with Crippen molar-refractivity contribution in [2.24, 2.45) is 5.92 Å². The number of aliphatic hydroxyl groups is 1. The summed E-state index contributed by atoms with van der Waals surface area (Å²) in [4.78, 5) is 0. The Bertz CT molecular complexity index is 287. The Kier molecular flexibility index (Phi) is 5.54. The van der Waals surface area contributed by atoms with Gasteiger partial charge in [-0.3, -0.25) is 0 Å². The summed E-state index contributed by atoms with van der Waals surface area (Å²) >= 11 is 0. The van der Waals surface area contributed by atoms with E-state index in [1.54, 1.807) is 0 Å². The van der Waals surface area contributed by atoms with Gasteiger partial charge < -0.3 is 5.11 Å². The highest BCUT2D eigenvalue weighted by Gasteiger charge is 2.10. The molecule has 0 aliphatic carbocycles. The second-order valence-corrected chi connectivity index (χ2v) is 5.11. The Balaban J connectivity index is 2.50. The van der Waals surface area contributed by atoms with E-state index in [2.05, 4.69) is 45.0 Å². The second-order valence-electron chi connectivity index (χ2n) is 5.11. The SMILES string of the molecule is Cc1ccc(C(CO)CCCC(C)C)cc1. The Morgan fingerprint density at radius 2 is 1.69 bits per heavy atom. The lowest BCUT2D eigenvalue weighted by molar-refractivity contribution is 0.255. The molecule has 90 valence electrons. The molecule has 1 heteroatoms. The van der Waals surface area contributed by atoms with Crippen LogP contribution in [0.5, 0.6) is 0 Å². The molecule has 1 atom stereocenters. The normalized spacial score (nSPS) is 13.1. The van der Waals surface area contributed by atoms with E-state index in [0.717, 1.165) is 12.3 Å². The lowest BCUT2D eigenvalue weighted by Gasteiger charge is -2.15. The highest BCUT2D eigenvalue weighted by atomic mass is 16.3. The molecule has 1 nitrogen and oxygen atoms in total. The zero-order chi connectivity index (χ0) is 12.0. The molecule has 1 rings (SSSR count). The number of benzene rings is 1. The molecule has 0 saturated heterocycles. The number of aliphatic hydroxyl groups excluding tert-OH is 1. The average Bonchev–Trinajstić information content (AvgIpc) is 2.26. The summed E-state index contributed by atoms with van der Waals surface area (Å²) in [6.45, 7) is 6.86. The molecule has 0 spiro atoms. The highest BCUT2D eigenvalue weighted by molar-refractivity contribution is 5.24. The van der Waals surface area contributed by atoms with Gasteiger partial charge in [-0.15, -0.1) is 0 Å². The maximum atomic E-state index is 9.41. The number of rotatable bonds is 6. The minimum absolute atomic E-state index is 0.265. The Morgan fingerprint density at radius 3 is 2.19 bits per heavy atom. The Hall–Kier alpha value is -0.820. The molecule has 0 heterocycles. The predicted molar refractivity (Wildman–Crippen MR) is 69.7 cm³/mol. The zero-order valence-corrected chi connectivity index (χ0v) is 10.7. The van der Waals surface area contributed by atoms with Crippen LogP contribution in [0.2, 0.25) is 0 Å². The third-order valence-corrected chi connectivity index (χ3v) is 3.10. The standard InChI is InChI=1S/C15H24O/c1-12(2)5-4-6-15(11-16)14-9-7-13(3)8-10-14/h7-10,12,15-16H,4-6,11H2,1-3H3. The van der Waals surface area contributed by atoms with Crippen LogP contribution >= 0.6 is 0 Å². The molecular weight excluding hydrogens is 196 g/mol. The maximum Gasteiger partial charge on any atom is 0.0499 e. The molecule has 0 aliphatic rings. The van der Waals surface area contributed by atoms with Crippen LogP contribution in [0.15, 0.2) is 24.3 Å². The van der Waals surface area contributed by atoms with Crippen molar-refractivity contribution >= 4 is 0 Å². The first kappa shape index (κ1) is 13.2. The summed E-state index contributed by atoms with van der Waals surface area (Å²) in [5, 5.41) is 9.41. The molecule has 0 fully saturated rings. The van der Waals surface area contributed by atoms with Crippen LogP contribution in [0.3, 0.4) is 0 Å². The number of aryl methyl sites for hydroxylation is 1. The summed E-state index contributed by atoms with van der Waals surface area (Å²) in [6, 6.07) is 8.54. The van der Waals surface area contributed by atoms with Crippen molar-refractivity contribution in [3.05, 3.63) is 35.4 Å². The summed E-state index contributed by atoms with van der Waals surface area (Å²) < 4.78 is 0. The lowest BCUT2D eigenvalue weighted by atomic mass is 9.92. The molecule has 0 saturated carbocycles. The van der Waals surface area contributed by atoms with Gasteiger partial charge in [-0.1, -0.05) is 56.5 Å². The smallest absolute Gasteiger partial charge is 0.0499 e. The topological polar surface area (TPSA) is 20.2 Å². The van der Waals surface area contributed by atoms with E-state index >= 15 is 0 Å². The summed E-state index contributed by atoms with van der Waals surface area (Å²) in [5.41, 5.74) is 2.56. The van der Waals surface area contributed by atoms with Crippen molar-refractivity contribution in [1.82, 2.24) is 0 Å². The molecular formula is C15H24O. The third-order valence-electron chi connectivity index (χ3n) is 3.10. The Morgan fingerprint density at radius 1 is 1.06 bits per heavy atom. The van der Waals surface area contributed by atoms with E-state index in [0.29, 0.717) is 5.92 Å². The Labute approximate surface area is 99.5 Å². The molecule has 0 aliphatic heterocycles. The van der Waals surface area contributed by atoms with Crippen LogP contribution in [-0.4, -0.2) is 11.7 Å². The van der Waals surface area contributed by atoms with Gasteiger partial charge >= 0.3 is 0 Å². The molecule has 0 radical (unpaired) electrons. The van der Waals surface area contributed by atoms with Crippen molar-refractivity contribution < 1.29 is 5.11 Å². The van der Waals surface area contributed by atoms with E-state index in [-0.39, 0.29) is 6.61 Å². The van der Waals surface area contributed by atoms with Gasteiger partial charge in [0.2, 0.25) is 0 Å². The average molecular weight is 220 g/mol. The van der Waals surface area contributed by atoms with Gasteiger partial charge in [-0.25, -0.2) is 0 Å². The van der Waals surface area contributed by atoms with Crippen LogP contribution in [0.4, 0.5) is 0 Å². The van der Waals surface area contributed by atoms with Gasteiger partial charge in [-0.05, 0) is 24.8 Å². The van der Waals surface area contributed by atoms with Gasteiger partial charge in [0.05, 0.1) is 0 Å². The van der Waals surface area contributed by atoms with Gasteiger partial charge in [0, 0.05) is 12.5 Å². The first-order valence-electron chi connectivity index (χ1n) is 6.31.